The van der Waals surface area contributed by atoms with Crippen molar-refractivity contribution in [1.82, 2.24) is 0 Å². The third-order valence-corrected chi connectivity index (χ3v) is 12.5. The maximum atomic E-state index is 12.8. The first-order valence-corrected chi connectivity index (χ1v) is 27.2. The van der Waals surface area contributed by atoms with Crippen LogP contribution in [0.5, 0.6) is 0 Å². The van der Waals surface area contributed by atoms with Crippen molar-refractivity contribution < 1.29 is 28.6 Å². The SMILES string of the molecule is CCCCCCCCCCCCCCCCC(=O)OC[C@H](COC(=O)CCCCCCCCCCCCCCCC(C)C)OC(=O)CCCCCCCCCCCCC(C)C. The van der Waals surface area contributed by atoms with Crippen LogP contribution >= 0.6 is 0 Å². The first-order valence-electron chi connectivity index (χ1n) is 27.2. The van der Waals surface area contributed by atoms with Gasteiger partial charge in [-0.15, -0.1) is 0 Å². The highest BCUT2D eigenvalue weighted by molar-refractivity contribution is 5.71. The van der Waals surface area contributed by atoms with Crippen LogP contribution in [0.3, 0.4) is 0 Å². The van der Waals surface area contributed by atoms with Gasteiger partial charge in [0.1, 0.15) is 13.2 Å². The zero-order valence-corrected chi connectivity index (χ0v) is 41.8. The molecular weight excluding hydrogens is 757 g/mol. The summed E-state index contributed by atoms with van der Waals surface area (Å²) in [5, 5.41) is 0. The lowest BCUT2D eigenvalue weighted by atomic mass is 10.0. The number of unbranched alkanes of at least 4 members (excludes halogenated alkanes) is 34. The molecule has 0 amide bonds. The summed E-state index contributed by atoms with van der Waals surface area (Å²) in [6.45, 7) is 11.4. The second-order valence-electron chi connectivity index (χ2n) is 19.8. The van der Waals surface area contributed by atoms with E-state index in [9.17, 15) is 14.4 Å². The molecule has 0 aliphatic heterocycles. The largest absolute Gasteiger partial charge is 0.462 e. The van der Waals surface area contributed by atoms with Crippen LogP contribution in [-0.2, 0) is 28.6 Å². The molecule has 0 fully saturated rings. The van der Waals surface area contributed by atoms with Crippen molar-refractivity contribution in [3.05, 3.63) is 0 Å². The first kappa shape index (κ1) is 59.4. The van der Waals surface area contributed by atoms with Gasteiger partial charge in [-0.3, -0.25) is 14.4 Å². The fourth-order valence-corrected chi connectivity index (χ4v) is 8.34. The molecule has 6 heteroatoms. The van der Waals surface area contributed by atoms with Crippen LogP contribution in [0.15, 0.2) is 0 Å². The zero-order chi connectivity index (χ0) is 44.7. The van der Waals surface area contributed by atoms with Crippen LogP contribution in [0, 0.1) is 11.8 Å². The molecule has 0 radical (unpaired) electrons. The maximum absolute atomic E-state index is 12.8. The Labute approximate surface area is 380 Å². The molecule has 0 aromatic rings. The Morgan fingerprint density at radius 2 is 0.541 bits per heavy atom. The van der Waals surface area contributed by atoms with Gasteiger partial charge in [0, 0.05) is 19.3 Å². The maximum Gasteiger partial charge on any atom is 0.306 e. The van der Waals surface area contributed by atoms with Crippen molar-refractivity contribution in [2.45, 2.75) is 310 Å². The molecule has 0 saturated heterocycles. The Kier molecular flexibility index (Phi) is 46.6. The van der Waals surface area contributed by atoms with Gasteiger partial charge in [0.25, 0.3) is 0 Å². The van der Waals surface area contributed by atoms with Crippen LogP contribution in [-0.4, -0.2) is 37.2 Å². The van der Waals surface area contributed by atoms with E-state index in [1.54, 1.807) is 0 Å². The number of hydrogen-bond donors (Lipinski definition) is 0. The van der Waals surface area contributed by atoms with E-state index in [-0.39, 0.29) is 31.1 Å². The molecule has 0 bridgehead atoms. The molecule has 0 aliphatic carbocycles. The van der Waals surface area contributed by atoms with Crippen molar-refractivity contribution in [2.24, 2.45) is 11.8 Å². The minimum absolute atomic E-state index is 0.0633. The van der Waals surface area contributed by atoms with Gasteiger partial charge in [0.05, 0.1) is 0 Å². The molecule has 0 aromatic carbocycles. The molecule has 61 heavy (non-hydrogen) atoms. The van der Waals surface area contributed by atoms with Gasteiger partial charge < -0.3 is 14.2 Å². The molecule has 0 rings (SSSR count). The van der Waals surface area contributed by atoms with Crippen molar-refractivity contribution in [3.63, 3.8) is 0 Å². The highest BCUT2D eigenvalue weighted by Gasteiger charge is 2.19. The highest BCUT2D eigenvalue weighted by Crippen LogP contribution is 2.18. The van der Waals surface area contributed by atoms with E-state index in [1.807, 2.05) is 0 Å². The van der Waals surface area contributed by atoms with Gasteiger partial charge >= 0.3 is 17.9 Å². The molecule has 6 nitrogen and oxygen atoms in total. The lowest BCUT2D eigenvalue weighted by Gasteiger charge is -2.18. The predicted molar refractivity (Wildman–Crippen MR) is 261 cm³/mol. The Hall–Kier alpha value is -1.59. The number of carbonyl (C=O) groups is 3. The summed E-state index contributed by atoms with van der Waals surface area (Å²) in [4.78, 5) is 38.0. The number of carbonyl (C=O) groups excluding carboxylic acids is 3. The molecule has 362 valence electrons. The second-order valence-corrected chi connectivity index (χ2v) is 19.8. The summed E-state index contributed by atoms with van der Waals surface area (Å²) in [5.41, 5.74) is 0. The molecule has 0 unspecified atom stereocenters. The first-order chi connectivity index (χ1) is 29.7. The van der Waals surface area contributed by atoms with Gasteiger partial charge in [0.2, 0.25) is 0 Å². The Bertz CT molecular complexity index is 931. The Balaban J connectivity index is 4.30. The third-order valence-electron chi connectivity index (χ3n) is 12.5. The Morgan fingerprint density at radius 1 is 0.311 bits per heavy atom. The predicted octanol–water partition coefficient (Wildman–Crippen LogP) is 17.7. The van der Waals surface area contributed by atoms with Crippen LogP contribution in [0.2, 0.25) is 0 Å². The molecule has 1 atom stereocenters. The van der Waals surface area contributed by atoms with Crippen LogP contribution < -0.4 is 0 Å². The number of hydrogen-bond acceptors (Lipinski definition) is 6. The summed E-state index contributed by atoms with van der Waals surface area (Å²) in [6, 6.07) is 0. The average molecular weight is 863 g/mol. The van der Waals surface area contributed by atoms with E-state index in [0.29, 0.717) is 19.3 Å². The van der Waals surface area contributed by atoms with Crippen molar-refractivity contribution in [3.8, 4) is 0 Å². The Morgan fingerprint density at radius 3 is 0.803 bits per heavy atom. The zero-order valence-electron chi connectivity index (χ0n) is 41.8. The van der Waals surface area contributed by atoms with Crippen LogP contribution in [0.1, 0.15) is 304 Å². The highest BCUT2D eigenvalue weighted by atomic mass is 16.6. The van der Waals surface area contributed by atoms with Crippen LogP contribution in [0.25, 0.3) is 0 Å². The van der Waals surface area contributed by atoms with Gasteiger partial charge in [-0.2, -0.15) is 0 Å². The number of esters is 3. The van der Waals surface area contributed by atoms with Crippen molar-refractivity contribution in [1.29, 1.82) is 0 Å². The van der Waals surface area contributed by atoms with Crippen LogP contribution in [0.4, 0.5) is 0 Å². The molecule has 0 heterocycles. The molecular formula is C55H106O6. The molecule has 0 aromatic heterocycles. The number of rotatable bonds is 49. The van der Waals surface area contributed by atoms with Crippen molar-refractivity contribution in [2.75, 3.05) is 13.2 Å². The molecule has 0 saturated carbocycles. The van der Waals surface area contributed by atoms with Gasteiger partial charge in [0.15, 0.2) is 6.10 Å². The van der Waals surface area contributed by atoms with E-state index in [2.05, 4.69) is 34.6 Å². The standard InChI is InChI=1S/C55H106O6/c1-6-7-8-9-10-11-12-13-16-19-25-30-35-40-45-53(56)59-48-52(61-55(58)47-42-37-32-27-22-21-24-29-34-39-44-51(4)5)49-60-54(57)46-41-36-31-26-20-17-14-15-18-23-28-33-38-43-50(2)3/h50-52H,6-49H2,1-5H3/t52-/m1/s1. The fraction of sp³-hybridized carbons (Fsp3) is 0.945. The van der Waals surface area contributed by atoms with E-state index in [4.69, 9.17) is 14.2 Å². The third kappa shape index (κ3) is 49.3. The second kappa shape index (κ2) is 47.9. The van der Waals surface area contributed by atoms with E-state index < -0.39 is 6.10 Å². The minimum atomic E-state index is -0.762. The monoisotopic (exact) mass is 863 g/mol. The molecule has 0 N–H and O–H groups in total. The van der Waals surface area contributed by atoms with E-state index in [0.717, 1.165) is 69.6 Å². The van der Waals surface area contributed by atoms with Gasteiger partial charge in [-0.1, -0.05) is 266 Å². The summed E-state index contributed by atoms with van der Waals surface area (Å²) in [5.74, 6) is 0.812. The topological polar surface area (TPSA) is 78.9 Å². The van der Waals surface area contributed by atoms with Gasteiger partial charge in [-0.05, 0) is 31.1 Å². The van der Waals surface area contributed by atoms with Crippen molar-refractivity contribution >= 4 is 17.9 Å². The summed E-state index contributed by atoms with van der Waals surface area (Å²) >= 11 is 0. The van der Waals surface area contributed by atoms with Gasteiger partial charge in [-0.25, -0.2) is 0 Å². The number of ether oxygens (including phenoxy) is 3. The summed E-state index contributed by atoms with van der Waals surface area (Å²) in [7, 11) is 0. The quantitative estimate of drug-likeness (QED) is 0.0344. The lowest BCUT2D eigenvalue weighted by Crippen LogP contribution is -2.30. The average Bonchev–Trinajstić information content (AvgIpc) is 3.23. The van der Waals surface area contributed by atoms with E-state index >= 15 is 0 Å². The summed E-state index contributed by atoms with van der Waals surface area (Å²) < 4.78 is 16.8. The van der Waals surface area contributed by atoms with E-state index in [1.165, 1.54) is 193 Å². The lowest BCUT2D eigenvalue weighted by molar-refractivity contribution is -0.167. The summed E-state index contributed by atoms with van der Waals surface area (Å²) in [6.07, 6.45) is 49.4. The smallest absolute Gasteiger partial charge is 0.306 e. The minimum Gasteiger partial charge on any atom is -0.462 e. The molecule has 0 aliphatic rings. The fourth-order valence-electron chi connectivity index (χ4n) is 8.34. The normalized spacial score (nSPS) is 12.0. The molecule has 0 spiro atoms.